The molecule has 0 saturated carbocycles. The molecule has 3 rings (SSSR count). The summed E-state index contributed by atoms with van der Waals surface area (Å²) in [5, 5.41) is 17.2. The standard InChI is InChI=1S/C19H24N6O/c1-3-17-9-18(24-23-17)11-20-19(26)22-14(2)16-10-21-25(13-16)12-15-7-5-4-6-8-15/h4-10,13-14H,3,11-12H2,1-2H3,(H,23,24)(H2,20,22,26)/t14-/m1/s1. The van der Waals surface area contributed by atoms with E-state index in [1.165, 1.54) is 5.56 Å². The number of aromatic nitrogens is 4. The number of aromatic amines is 1. The van der Waals surface area contributed by atoms with Crippen molar-refractivity contribution < 1.29 is 4.79 Å². The third-order valence-electron chi connectivity index (χ3n) is 4.17. The van der Waals surface area contributed by atoms with Gasteiger partial charge in [0.15, 0.2) is 0 Å². The van der Waals surface area contributed by atoms with E-state index in [-0.39, 0.29) is 12.1 Å². The van der Waals surface area contributed by atoms with Crippen molar-refractivity contribution in [1.29, 1.82) is 0 Å². The van der Waals surface area contributed by atoms with Crippen LogP contribution < -0.4 is 10.6 Å². The lowest BCUT2D eigenvalue weighted by atomic mass is 10.2. The number of rotatable bonds is 7. The molecule has 0 saturated heterocycles. The number of benzene rings is 1. The summed E-state index contributed by atoms with van der Waals surface area (Å²) in [5.74, 6) is 0. The quantitative estimate of drug-likeness (QED) is 0.611. The van der Waals surface area contributed by atoms with Crippen molar-refractivity contribution in [2.24, 2.45) is 0 Å². The van der Waals surface area contributed by atoms with Crippen molar-refractivity contribution in [2.75, 3.05) is 0 Å². The summed E-state index contributed by atoms with van der Waals surface area (Å²) < 4.78 is 1.87. The molecule has 3 aromatic rings. The minimum Gasteiger partial charge on any atom is -0.333 e. The molecule has 7 nitrogen and oxygen atoms in total. The van der Waals surface area contributed by atoms with Gasteiger partial charge in [-0.1, -0.05) is 37.3 Å². The second-order valence-electron chi connectivity index (χ2n) is 6.24. The van der Waals surface area contributed by atoms with Crippen molar-refractivity contribution in [3.8, 4) is 0 Å². The van der Waals surface area contributed by atoms with Gasteiger partial charge in [0, 0.05) is 11.8 Å². The molecule has 7 heteroatoms. The molecule has 0 bridgehead atoms. The number of carbonyl (C=O) groups excluding carboxylic acids is 1. The van der Waals surface area contributed by atoms with Gasteiger partial charge in [0.25, 0.3) is 0 Å². The van der Waals surface area contributed by atoms with Crippen molar-refractivity contribution in [2.45, 2.75) is 39.4 Å². The van der Waals surface area contributed by atoms with Crippen LogP contribution in [0.1, 0.15) is 42.4 Å². The van der Waals surface area contributed by atoms with Crippen LogP contribution >= 0.6 is 0 Å². The molecule has 0 radical (unpaired) electrons. The van der Waals surface area contributed by atoms with E-state index in [4.69, 9.17) is 0 Å². The zero-order chi connectivity index (χ0) is 18.4. The van der Waals surface area contributed by atoms with Crippen LogP contribution in [0.2, 0.25) is 0 Å². The van der Waals surface area contributed by atoms with Crippen molar-refractivity contribution in [3.05, 3.63) is 71.3 Å². The minimum atomic E-state index is -0.221. The molecule has 2 heterocycles. The topological polar surface area (TPSA) is 87.6 Å². The number of carbonyl (C=O) groups is 1. The predicted octanol–water partition coefficient (Wildman–Crippen LogP) is 2.78. The Kier molecular flexibility index (Phi) is 5.68. The van der Waals surface area contributed by atoms with Gasteiger partial charge < -0.3 is 10.6 Å². The first-order valence-corrected chi connectivity index (χ1v) is 8.78. The first-order valence-electron chi connectivity index (χ1n) is 8.78. The predicted molar refractivity (Wildman–Crippen MR) is 99.5 cm³/mol. The molecule has 1 aromatic carbocycles. The van der Waals surface area contributed by atoms with Crippen LogP contribution in [0.4, 0.5) is 4.79 Å². The van der Waals surface area contributed by atoms with E-state index < -0.39 is 0 Å². The fraction of sp³-hybridized carbons (Fsp3) is 0.316. The maximum Gasteiger partial charge on any atom is 0.315 e. The van der Waals surface area contributed by atoms with E-state index in [9.17, 15) is 4.79 Å². The number of hydrogen-bond donors (Lipinski definition) is 3. The van der Waals surface area contributed by atoms with Gasteiger partial charge in [0.2, 0.25) is 0 Å². The number of amides is 2. The van der Waals surface area contributed by atoms with E-state index in [2.05, 4.69) is 38.1 Å². The summed E-state index contributed by atoms with van der Waals surface area (Å²) in [5.41, 5.74) is 4.03. The van der Waals surface area contributed by atoms with Gasteiger partial charge >= 0.3 is 6.03 Å². The molecule has 0 aliphatic heterocycles. The number of aryl methyl sites for hydroxylation is 1. The Balaban J connectivity index is 1.49. The first-order chi connectivity index (χ1) is 12.6. The zero-order valence-electron chi connectivity index (χ0n) is 15.1. The molecule has 0 fully saturated rings. The summed E-state index contributed by atoms with van der Waals surface area (Å²) in [6.07, 6.45) is 4.61. The molecular formula is C19H24N6O. The van der Waals surface area contributed by atoms with Crippen molar-refractivity contribution in [1.82, 2.24) is 30.6 Å². The Morgan fingerprint density at radius 2 is 2.12 bits per heavy atom. The smallest absolute Gasteiger partial charge is 0.315 e. The van der Waals surface area contributed by atoms with Gasteiger partial charge in [-0.3, -0.25) is 9.78 Å². The van der Waals surface area contributed by atoms with E-state index in [0.29, 0.717) is 13.1 Å². The summed E-state index contributed by atoms with van der Waals surface area (Å²) in [4.78, 5) is 12.1. The van der Waals surface area contributed by atoms with Gasteiger partial charge in [-0.15, -0.1) is 0 Å². The number of hydrogen-bond acceptors (Lipinski definition) is 3. The van der Waals surface area contributed by atoms with Gasteiger partial charge in [-0.2, -0.15) is 10.2 Å². The summed E-state index contributed by atoms with van der Waals surface area (Å²) in [6, 6.07) is 11.8. The second kappa shape index (κ2) is 8.33. The van der Waals surface area contributed by atoms with Crippen LogP contribution in [0, 0.1) is 0 Å². The van der Waals surface area contributed by atoms with Crippen molar-refractivity contribution in [3.63, 3.8) is 0 Å². The van der Waals surface area contributed by atoms with E-state index >= 15 is 0 Å². The molecule has 3 N–H and O–H groups in total. The van der Waals surface area contributed by atoms with Crippen LogP contribution in [0.5, 0.6) is 0 Å². The number of urea groups is 1. The summed E-state index contributed by atoms with van der Waals surface area (Å²) in [6.45, 7) is 5.10. The van der Waals surface area contributed by atoms with Gasteiger partial charge in [0.05, 0.1) is 36.7 Å². The second-order valence-corrected chi connectivity index (χ2v) is 6.24. The average molecular weight is 352 g/mol. The molecule has 2 aromatic heterocycles. The summed E-state index contributed by atoms with van der Waals surface area (Å²) in [7, 11) is 0. The lowest BCUT2D eigenvalue weighted by molar-refractivity contribution is 0.237. The highest BCUT2D eigenvalue weighted by atomic mass is 16.2. The highest BCUT2D eigenvalue weighted by molar-refractivity contribution is 5.74. The average Bonchev–Trinajstić information content (AvgIpc) is 3.30. The van der Waals surface area contributed by atoms with Gasteiger partial charge in [-0.05, 0) is 25.0 Å². The van der Waals surface area contributed by atoms with Crippen LogP contribution in [0.15, 0.2) is 48.8 Å². The molecule has 0 aliphatic carbocycles. The fourth-order valence-electron chi connectivity index (χ4n) is 2.65. The third kappa shape index (κ3) is 4.72. The minimum absolute atomic E-state index is 0.132. The first kappa shape index (κ1) is 17.7. The zero-order valence-corrected chi connectivity index (χ0v) is 15.1. The van der Waals surface area contributed by atoms with Crippen LogP contribution in [0.25, 0.3) is 0 Å². The molecule has 2 amide bonds. The van der Waals surface area contributed by atoms with Gasteiger partial charge in [-0.25, -0.2) is 4.79 Å². The number of nitrogens with zero attached hydrogens (tertiary/aromatic N) is 3. The highest BCUT2D eigenvalue weighted by Gasteiger charge is 2.12. The molecule has 26 heavy (non-hydrogen) atoms. The Hall–Kier alpha value is -3.09. The lowest BCUT2D eigenvalue weighted by Gasteiger charge is -2.12. The van der Waals surface area contributed by atoms with Crippen LogP contribution in [0.3, 0.4) is 0 Å². The van der Waals surface area contributed by atoms with E-state index in [0.717, 1.165) is 23.4 Å². The number of nitrogens with one attached hydrogen (secondary N) is 3. The lowest BCUT2D eigenvalue weighted by Crippen LogP contribution is -2.36. The Morgan fingerprint density at radius 1 is 1.31 bits per heavy atom. The van der Waals surface area contributed by atoms with Crippen LogP contribution in [-0.2, 0) is 19.5 Å². The Bertz CT molecular complexity index is 839. The normalized spacial score (nSPS) is 11.9. The van der Waals surface area contributed by atoms with Gasteiger partial charge in [0.1, 0.15) is 0 Å². The fourth-order valence-corrected chi connectivity index (χ4v) is 2.65. The molecule has 0 spiro atoms. The Labute approximate surface area is 152 Å². The monoisotopic (exact) mass is 352 g/mol. The molecular weight excluding hydrogens is 328 g/mol. The SMILES string of the molecule is CCc1cc(CNC(=O)N[C@H](C)c2cnn(Cc3ccccc3)c2)[nH]n1. The highest BCUT2D eigenvalue weighted by Crippen LogP contribution is 2.12. The largest absolute Gasteiger partial charge is 0.333 e. The molecule has 0 aliphatic rings. The van der Waals surface area contributed by atoms with E-state index in [1.54, 1.807) is 6.20 Å². The summed E-state index contributed by atoms with van der Waals surface area (Å²) >= 11 is 0. The van der Waals surface area contributed by atoms with E-state index in [1.807, 2.05) is 49.0 Å². The maximum atomic E-state index is 12.1. The maximum absolute atomic E-state index is 12.1. The van der Waals surface area contributed by atoms with Crippen LogP contribution in [-0.4, -0.2) is 26.0 Å². The molecule has 1 atom stereocenters. The van der Waals surface area contributed by atoms with Crippen molar-refractivity contribution >= 4 is 6.03 Å². The molecule has 0 unspecified atom stereocenters. The number of H-pyrrole nitrogens is 1. The Morgan fingerprint density at radius 3 is 2.85 bits per heavy atom. The third-order valence-corrected chi connectivity index (χ3v) is 4.17. The molecule has 136 valence electrons.